The molecule has 0 saturated heterocycles. The minimum atomic E-state index is -11.2. The first kappa shape index (κ1) is 18.8. The molecule has 24 heavy (non-hydrogen) atoms. The minimum absolute atomic E-state index is 0.112. The van der Waals surface area contributed by atoms with Crippen LogP contribution in [-0.4, -0.2) is 19.5 Å². The zero-order chi connectivity index (χ0) is 18.5. The van der Waals surface area contributed by atoms with Crippen molar-refractivity contribution in [1.29, 1.82) is 0 Å². The van der Waals surface area contributed by atoms with Crippen molar-refractivity contribution in [1.82, 2.24) is 0 Å². The molecule has 0 N–H and O–H groups in total. The second-order valence-electron chi connectivity index (χ2n) is 4.70. The van der Waals surface area contributed by atoms with Crippen LogP contribution >= 0.6 is 0 Å². The molecule has 1 heterocycles. The van der Waals surface area contributed by atoms with E-state index in [-0.39, 0.29) is 11.2 Å². The molecule has 11 heteroatoms. The standard InChI is InChI=1S/C13H8F3O.6FH.Sb/c14-13(15,16)17-11-7-3-1-5-9(11)10-6-2-4-8-12(10)17;;;;;;;/h1-8H;6*1H;/q+1;;;;;;;+5/p-6. The van der Waals surface area contributed by atoms with Gasteiger partial charge in [0.1, 0.15) is 0 Å². The molecule has 0 aliphatic rings. The van der Waals surface area contributed by atoms with Gasteiger partial charge in [-0.1, -0.05) is 37.4 Å². The molecule has 0 saturated carbocycles. The molecule has 0 fully saturated rings. The molecule has 0 amide bonds. The fourth-order valence-corrected chi connectivity index (χ4v) is 2.10. The summed E-state index contributed by atoms with van der Waals surface area (Å²) >= 11 is -11.2. The third kappa shape index (κ3) is 5.22. The van der Waals surface area contributed by atoms with Crippen molar-refractivity contribution in [3.63, 3.8) is 0 Å². The van der Waals surface area contributed by atoms with E-state index in [0.717, 1.165) is 0 Å². The molecule has 1 aromatic heterocycles. The van der Waals surface area contributed by atoms with Gasteiger partial charge in [0, 0.05) is 12.1 Å². The van der Waals surface area contributed by atoms with Gasteiger partial charge in [0.15, 0.2) is 0 Å². The third-order valence-electron chi connectivity index (χ3n) is 2.74. The summed E-state index contributed by atoms with van der Waals surface area (Å²) in [5.74, 6) is 0. The Hall–Kier alpha value is -1.57. The van der Waals surface area contributed by atoms with Crippen LogP contribution in [0.1, 0.15) is 0 Å². The van der Waals surface area contributed by atoms with Gasteiger partial charge in [-0.05, 0) is 12.1 Å². The quantitative estimate of drug-likeness (QED) is 0.190. The van der Waals surface area contributed by atoms with Crippen LogP contribution in [-0.2, 0) is 6.36 Å². The summed E-state index contributed by atoms with van der Waals surface area (Å²) < 4.78 is 100.0. The molecule has 0 unspecified atom stereocenters. The van der Waals surface area contributed by atoms with Crippen LogP contribution in [0.15, 0.2) is 52.6 Å². The Kier molecular flexibility index (Phi) is 3.88. The number of alkyl halides is 3. The Morgan fingerprint density at radius 1 is 0.625 bits per heavy atom. The molecule has 0 spiro atoms. The molecular formula is C13H8F9OSb. The zero-order valence-corrected chi connectivity index (χ0v) is 13.9. The van der Waals surface area contributed by atoms with Gasteiger partial charge >= 0.3 is 42.7 Å². The topological polar surface area (TPSA) is 2.70 Å². The van der Waals surface area contributed by atoms with Crippen LogP contribution in [0.5, 0.6) is 0 Å². The van der Waals surface area contributed by atoms with Crippen molar-refractivity contribution in [2.45, 2.75) is 6.36 Å². The van der Waals surface area contributed by atoms with E-state index in [9.17, 15) is 30.0 Å². The first-order valence-electron chi connectivity index (χ1n) is 6.10. The number of fused-ring (bicyclic) bond motifs is 3. The Bertz CT molecular complexity index is 826. The van der Waals surface area contributed by atoms with Crippen molar-refractivity contribution in [2.75, 3.05) is 0 Å². The average molecular weight is 473 g/mol. The van der Waals surface area contributed by atoms with Gasteiger partial charge in [-0.15, -0.1) is 0 Å². The van der Waals surface area contributed by atoms with Crippen LogP contribution in [0.2, 0.25) is 0 Å². The number of hydrogen-bond donors (Lipinski definition) is 0. The normalized spacial score (nSPS) is 15.5. The third-order valence-corrected chi connectivity index (χ3v) is 2.74. The van der Waals surface area contributed by atoms with Gasteiger partial charge in [0.2, 0.25) is 0 Å². The number of para-hydroxylation sites is 2. The van der Waals surface area contributed by atoms with Crippen molar-refractivity contribution < 1.29 is 34.1 Å². The number of hydrogen-bond acceptors (Lipinski definition) is 0. The Morgan fingerprint density at radius 3 is 1.21 bits per heavy atom. The number of rotatable bonds is 0. The maximum atomic E-state index is 13.0. The Morgan fingerprint density at radius 2 is 0.917 bits per heavy atom. The van der Waals surface area contributed by atoms with Crippen LogP contribution in [0.4, 0.5) is 30.0 Å². The number of furan rings is 1. The summed E-state index contributed by atoms with van der Waals surface area (Å²) in [6.07, 6.45) is -4.48. The van der Waals surface area contributed by atoms with Gasteiger partial charge in [-0.25, -0.2) is 0 Å². The summed E-state index contributed by atoms with van der Waals surface area (Å²) in [5.41, 5.74) is 0.224. The van der Waals surface area contributed by atoms with Gasteiger partial charge < -0.3 is 4.05 Å². The Labute approximate surface area is 130 Å². The van der Waals surface area contributed by atoms with Gasteiger partial charge in [-0.3, -0.25) is 0 Å². The summed E-state index contributed by atoms with van der Waals surface area (Å²) in [6.45, 7) is 0. The summed E-state index contributed by atoms with van der Waals surface area (Å²) in [4.78, 5) is 0. The molecule has 2 aromatic carbocycles. The predicted molar refractivity (Wildman–Crippen MR) is 72.0 cm³/mol. The molecule has 0 aliphatic carbocycles. The first-order valence-corrected chi connectivity index (χ1v) is 11.9. The molecular weight excluding hydrogens is 465 g/mol. The summed E-state index contributed by atoms with van der Waals surface area (Å²) in [7, 11) is 0. The van der Waals surface area contributed by atoms with E-state index in [1.807, 2.05) is 0 Å². The van der Waals surface area contributed by atoms with E-state index in [0.29, 0.717) is 10.8 Å². The van der Waals surface area contributed by atoms with E-state index in [2.05, 4.69) is 0 Å². The van der Waals surface area contributed by atoms with Gasteiger partial charge in [-0.2, -0.15) is 0 Å². The Balaban J connectivity index is 0.000000256. The van der Waals surface area contributed by atoms with E-state index in [1.54, 1.807) is 36.4 Å². The molecule has 134 valence electrons. The van der Waals surface area contributed by atoms with Crippen LogP contribution in [0.3, 0.4) is 0 Å². The van der Waals surface area contributed by atoms with E-state index in [4.69, 9.17) is 0 Å². The number of halogens is 9. The van der Waals surface area contributed by atoms with E-state index in [1.165, 1.54) is 16.2 Å². The monoisotopic (exact) mass is 472 g/mol. The van der Waals surface area contributed by atoms with E-state index >= 15 is 0 Å². The molecule has 3 aromatic rings. The molecule has 3 rings (SSSR count). The summed E-state index contributed by atoms with van der Waals surface area (Å²) in [5, 5.41) is 1.18. The van der Waals surface area contributed by atoms with Crippen LogP contribution < -0.4 is 0 Å². The first-order chi connectivity index (χ1) is 10.5. The SMILES string of the molecule is FC(F)(F)[o+]1c2ccccc2c2ccccc21.[F][Sb-]([F])([F])([F])([F])[F]. The van der Waals surface area contributed by atoms with Gasteiger partial charge in [0.25, 0.3) is 11.2 Å². The van der Waals surface area contributed by atoms with Crippen molar-refractivity contribution in [2.24, 2.45) is 0 Å². The fourth-order valence-electron chi connectivity index (χ4n) is 2.10. The van der Waals surface area contributed by atoms with Crippen molar-refractivity contribution in [3.8, 4) is 0 Å². The second-order valence-corrected chi connectivity index (χ2v) is 10.2. The zero-order valence-electron chi connectivity index (χ0n) is 11.4. The molecule has 0 bridgehead atoms. The second kappa shape index (κ2) is 4.97. The van der Waals surface area contributed by atoms with Crippen molar-refractivity contribution >= 4 is 41.4 Å². The summed E-state index contributed by atoms with van der Waals surface area (Å²) in [6, 6.07) is 12.9. The maximum absolute atomic E-state index is 13.0. The molecule has 1 nitrogen and oxygen atoms in total. The molecule has 0 aliphatic heterocycles. The van der Waals surface area contributed by atoms with Crippen LogP contribution in [0.25, 0.3) is 21.9 Å². The van der Waals surface area contributed by atoms with Crippen molar-refractivity contribution in [3.05, 3.63) is 48.5 Å². The van der Waals surface area contributed by atoms with Gasteiger partial charge in [0.05, 0.1) is 10.8 Å². The predicted octanol–water partition coefficient (Wildman–Crippen LogP) is 6.89. The number of benzene rings is 2. The van der Waals surface area contributed by atoms with E-state index < -0.39 is 25.8 Å². The van der Waals surface area contributed by atoms with Crippen LogP contribution in [0, 0.1) is 0 Å². The molecule has 0 radical (unpaired) electrons. The molecule has 0 atom stereocenters. The fraction of sp³-hybridized carbons (Fsp3) is 0.0769. The average Bonchev–Trinajstić information content (AvgIpc) is 2.69.